The summed E-state index contributed by atoms with van der Waals surface area (Å²) < 4.78 is 0.510. The molecule has 8 heteroatoms. The Morgan fingerprint density at radius 2 is 2.19 bits per heavy atom. The molecular formula is C8H14ClN3O2S2. The summed E-state index contributed by atoms with van der Waals surface area (Å²) in [6.45, 7) is 2.45. The first-order valence-electron chi connectivity index (χ1n) is 4.88. The van der Waals surface area contributed by atoms with Crippen LogP contribution < -0.4 is 5.32 Å². The van der Waals surface area contributed by atoms with Crippen molar-refractivity contribution < 1.29 is 4.79 Å². The second-order valence-electron chi connectivity index (χ2n) is 3.24. The Morgan fingerprint density at radius 1 is 1.56 bits per heavy atom. The lowest BCUT2D eigenvalue weighted by atomic mass is 10.4. The Hall–Kier alpha value is -0.140. The van der Waals surface area contributed by atoms with Crippen LogP contribution in [0.1, 0.15) is 6.92 Å². The van der Waals surface area contributed by atoms with Crippen molar-refractivity contribution in [1.82, 2.24) is 10.3 Å². The number of hydrogen-bond donors (Lipinski definition) is 1. The Bertz CT molecular complexity index is 249. The summed E-state index contributed by atoms with van der Waals surface area (Å²) in [5.74, 6) is 1.81. The van der Waals surface area contributed by atoms with Gasteiger partial charge in [0.15, 0.2) is 0 Å². The summed E-state index contributed by atoms with van der Waals surface area (Å²) >= 11 is 8.90. The molecule has 1 saturated heterocycles. The number of rotatable bonds is 4. The number of alkyl halides is 1. The fraction of sp³-hybridized carbons (Fsp3) is 0.875. The maximum atomic E-state index is 11.6. The molecule has 1 N–H and O–H groups in total. The number of carbonyl (C=O) groups is 1. The number of hydrogen-bond acceptors (Lipinski definition) is 5. The number of urea groups is 1. The Kier molecular flexibility index (Phi) is 6.30. The summed E-state index contributed by atoms with van der Waals surface area (Å²) in [6, 6.07) is -0.588. The van der Waals surface area contributed by atoms with E-state index in [-0.39, 0.29) is 6.04 Å². The molecule has 2 amide bonds. The molecule has 0 aromatic heterocycles. The van der Waals surface area contributed by atoms with Crippen molar-refractivity contribution in [2.75, 3.05) is 23.9 Å². The van der Waals surface area contributed by atoms with E-state index >= 15 is 0 Å². The van der Waals surface area contributed by atoms with E-state index in [1.807, 2.05) is 0 Å². The van der Waals surface area contributed by atoms with Gasteiger partial charge < -0.3 is 5.32 Å². The SMILES string of the molecule is CC1SCC(N(N=O)C(=O)NCCCl)CS1. The molecule has 0 atom stereocenters. The van der Waals surface area contributed by atoms with Gasteiger partial charge in [0.1, 0.15) is 0 Å². The van der Waals surface area contributed by atoms with Gasteiger partial charge >= 0.3 is 6.03 Å². The van der Waals surface area contributed by atoms with Gasteiger partial charge in [-0.1, -0.05) is 0 Å². The molecule has 0 aromatic rings. The minimum absolute atomic E-state index is 0.126. The molecule has 0 radical (unpaired) electrons. The molecule has 0 bridgehead atoms. The second-order valence-corrected chi connectivity index (χ2v) is 6.66. The zero-order chi connectivity index (χ0) is 12.0. The number of carbonyl (C=O) groups excluding carboxylic acids is 1. The smallest absolute Gasteiger partial charge is 0.335 e. The van der Waals surface area contributed by atoms with Gasteiger partial charge in [0.05, 0.1) is 11.3 Å². The van der Waals surface area contributed by atoms with Crippen molar-refractivity contribution in [1.29, 1.82) is 0 Å². The third kappa shape index (κ3) is 4.03. The van der Waals surface area contributed by atoms with Crippen LogP contribution in [0, 0.1) is 4.91 Å². The molecule has 1 rings (SSSR count). The number of amides is 2. The van der Waals surface area contributed by atoms with Crippen molar-refractivity contribution in [3.8, 4) is 0 Å². The van der Waals surface area contributed by atoms with E-state index in [9.17, 15) is 9.70 Å². The van der Waals surface area contributed by atoms with Gasteiger partial charge in [0, 0.05) is 28.5 Å². The van der Waals surface area contributed by atoms with Gasteiger partial charge in [0.2, 0.25) is 0 Å². The molecule has 0 aliphatic carbocycles. The van der Waals surface area contributed by atoms with E-state index in [0.717, 1.165) is 16.5 Å². The lowest BCUT2D eigenvalue weighted by Crippen LogP contribution is -2.46. The highest BCUT2D eigenvalue weighted by Gasteiger charge is 2.29. The summed E-state index contributed by atoms with van der Waals surface area (Å²) in [6.07, 6.45) is 0. The normalized spacial score (nSPS) is 24.9. The third-order valence-electron chi connectivity index (χ3n) is 2.06. The van der Waals surface area contributed by atoms with Crippen LogP contribution >= 0.6 is 35.1 Å². The second kappa shape index (κ2) is 7.24. The molecule has 92 valence electrons. The summed E-state index contributed by atoms with van der Waals surface area (Å²) in [5.41, 5.74) is 0. The van der Waals surface area contributed by atoms with Gasteiger partial charge in [-0.15, -0.1) is 40.0 Å². The minimum atomic E-state index is -0.462. The van der Waals surface area contributed by atoms with Gasteiger partial charge in [0.25, 0.3) is 0 Å². The molecule has 1 fully saturated rings. The predicted octanol–water partition coefficient (Wildman–Crippen LogP) is 2.11. The zero-order valence-electron chi connectivity index (χ0n) is 8.89. The van der Waals surface area contributed by atoms with Gasteiger partial charge in [-0.2, -0.15) is 5.01 Å². The number of thioether (sulfide) groups is 2. The Balaban J connectivity index is 2.46. The Morgan fingerprint density at radius 3 is 2.69 bits per heavy atom. The van der Waals surface area contributed by atoms with Crippen LogP contribution in [0.25, 0.3) is 0 Å². The van der Waals surface area contributed by atoms with E-state index in [0.29, 0.717) is 17.0 Å². The highest BCUT2D eigenvalue weighted by atomic mass is 35.5. The van der Waals surface area contributed by atoms with Crippen LogP contribution in [0.4, 0.5) is 4.79 Å². The lowest BCUT2D eigenvalue weighted by Gasteiger charge is -2.29. The van der Waals surface area contributed by atoms with Crippen molar-refractivity contribution >= 4 is 41.2 Å². The minimum Gasteiger partial charge on any atom is -0.335 e. The highest BCUT2D eigenvalue weighted by molar-refractivity contribution is 8.17. The first-order chi connectivity index (χ1) is 7.69. The number of nitroso groups, excluding NO2 is 1. The topological polar surface area (TPSA) is 61.8 Å². The fourth-order valence-electron chi connectivity index (χ4n) is 1.24. The van der Waals surface area contributed by atoms with Crippen molar-refractivity contribution in [2.24, 2.45) is 5.29 Å². The molecule has 0 saturated carbocycles. The van der Waals surface area contributed by atoms with Crippen LogP contribution in [0.15, 0.2) is 5.29 Å². The summed E-state index contributed by atoms with van der Waals surface area (Å²) in [7, 11) is 0. The van der Waals surface area contributed by atoms with Crippen LogP contribution in [0.2, 0.25) is 0 Å². The maximum absolute atomic E-state index is 11.6. The van der Waals surface area contributed by atoms with E-state index in [2.05, 4.69) is 17.5 Å². The van der Waals surface area contributed by atoms with Crippen LogP contribution in [-0.2, 0) is 0 Å². The molecule has 0 spiro atoms. The average molecular weight is 284 g/mol. The highest BCUT2D eigenvalue weighted by Crippen LogP contribution is 2.32. The zero-order valence-corrected chi connectivity index (χ0v) is 11.3. The molecule has 16 heavy (non-hydrogen) atoms. The Labute approximate surface area is 108 Å². The molecular weight excluding hydrogens is 270 g/mol. The summed E-state index contributed by atoms with van der Waals surface area (Å²) in [5, 5.41) is 6.31. The first kappa shape index (κ1) is 13.9. The molecule has 1 aliphatic rings. The van der Waals surface area contributed by atoms with Crippen LogP contribution in [0.5, 0.6) is 0 Å². The van der Waals surface area contributed by atoms with Gasteiger partial charge in [-0.3, -0.25) is 0 Å². The standard InChI is InChI=1S/C8H14ClN3O2S2/c1-6-15-4-7(5-16-6)12(11-14)8(13)10-3-2-9/h6-7H,2-5H2,1H3,(H,10,13). The van der Waals surface area contributed by atoms with E-state index < -0.39 is 6.03 Å². The van der Waals surface area contributed by atoms with E-state index in [1.54, 1.807) is 23.5 Å². The van der Waals surface area contributed by atoms with E-state index in [1.165, 1.54) is 0 Å². The monoisotopic (exact) mass is 283 g/mol. The number of nitrogens with zero attached hydrogens (tertiary/aromatic N) is 2. The largest absolute Gasteiger partial charge is 0.340 e. The predicted molar refractivity (Wildman–Crippen MR) is 69.9 cm³/mol. The molecule has 1 aliphatic heterocycles. The van der Waals surface area contributed by atoms with Crippen molar-refractivity contribution in [3.63, 3.8) is 0 Å². The molecule has 1 heterocycles. The third-order valence-corrected chi connectivity index (χ3v) is 5.16. The first-order valence-corrected chi connectivity index (χ1v) is 7.51. The van der Waals surface area contributed by atoms with Crippen LogP contribution in [0.3, 0.4) is 0 Å². The van der Waals surface area contributed by atoms with Gasteiger partial charge in [-0.05, 0) is 6.92 Å². The van der Waals surface area contributed by atoms with Gasteiger partial charge in [-0.25, -0.2) is 4.79 Å². The van der Waals surface area contributed by atoms with Crippen molar-refractivity contribution in [3.05, 3.63) is 4.91 Å². The van der Waals surface area contributed by atoms with E-state index in [4.69, 9.17) is 11.6 Å². The van der Waals surface area contributed by atoms with Crippen molar-refractivity contribution in [2.45, 2.75) is 17.5 Å². The molecule has 0 aromatic carbocycles. The van der Waals surface area contributed by atoms with Crippen LogP contribution in [-0.4, -0.2) is 45.6 Å². The lowest BCUT2D eigenvalue weighted by molar-refractivity contribution is 0.187. The quantitative estimate of drug-likeness (QED) is 0.488. The number of nitrogens with one attached hydrogen (secondary N) is 1. The fourth-order valence-corrected chi connectivity index (χ4v) is 3.84. The number of halogens is 1. The average Bonchev–Trinajstić information content (AvgIpc) is 2.30. The molecule has 0 unspecified atom stereocenters. The molecule has 5 nitrogen and oxygen atoms in total. The maximum Gasteiger partial charge on any atom is 0.340 e. The summed E-state index contributed by atoms with van der Waals surface area (Å²) in [4.78, 5) is 22.2.